The number of rotatable bonds is 7. The number of nitrogens with two attached hydrogens (primary N) is 2. The molecule has 0 saturated carbocycles. The molecule has 3 aromatic rings. The fourth-order valence-electron chi connectivity index (χ4n) is 2.87. The molecule has 0 radical (unpaired) electrons. The van der Waals surface area contributed by atoms with Crippen molar-refractivity contribution in [2.24, 2.45) is 0 Å². The van der Waals surface area contributed by atoms with Gasteiger partial charge in [0.2, 0.25) is 11.5 Å². The predicted molar refractivity (Wildman–Crippen MR) is 114 cm³/mol. The van der Waals surface area contributed by atoms with E-state index in [9.17, 15) is 9.59 Å². The maximum Gasteiger partial charge on any atom is 0.350 e. The minimum atomic E-state index is -0.504. The Kier molecular flexibility index (Phi) is 5.85. The molecule has 2 aromatic heterocycles. The van der Waals surface area contributed by atoms with Crippen molar-refractivity contribution in [2.75, 3.05) is 39.4 Å². The van der Waals surface area contributed by atoms with Crippen LogP contribution in [0.25, 0.3) is 9.40 Å². The van der Waals surface area contributed by atoms with Crippen LogP contribution < -0.4 is 25.7 Å². The smallest absolute Gasteiger partial charge is 0.350 e. The zero-order valence-corrected chi connectivity index (χ0v) is 17.9. The number of fused-ring (bicyclic) bond motifs is 1. The molecule has 1 aromatic carbocycles. The largest absolute Gasteiger partial charge is 0.493 e. The highest BCUT2D eigenvalue weighted by atomic mass is 32.2. The fourth-order valence-corrected chi connectivity index (χ4v) is 5.33. The lowest BCUT2D eigenvalue weighted by atomic mass is 10.1. The van der Waals surface area contributed by atoms with Gasteiger partial charge in [0.1, 0.15) is 9.75 Å². The number of hydrogen-bond acceptors (Lipinski definition) is 10. The van der Waals surface area contributed by atoms with E-state index in [0.29, 0.717) is 37.1 Å². The van der Waals surface area contributed by atoms with Crippen LogP contribution in [0.15, 0.2) is 12.1 Å². The van der Waals surface area contributed by atoms with Crippen molar-refractivity contribution in [3.05, 3.63) is 27.5 Å². The number of ketones is 1. The van der Waals surface area contributed by atoms with Gasteiger partial charge in [0.05, 0.1) is 48.7 Å². The molecule has 0 aliphatic heterocycles. The lowest BCUT2D eigenvalue weighted by molar-refractivity contribution is 0.0533. The molecular formula is C19H20N2O6S2. The van der Waals surface area contributed by atoms with Gasteiger partial charge < -0.3 is 30.4 Å². The summed E-state index contributed by atoms with van der Waals surface area (Å²) < 4.78 is 21.6. The molecule has 0 atom stereocenters. The van der Waals surface area contributed by atoms with Crippen LogP contribution in [0.5, 0.6) is 17.2 Å². The Morgan fingerprint density at radius 1 is 0.931 bits per heavy atom. The Labute approximate surface area is 174 Å². The molecule has 10 heteroatoms. The Morgan fingerprint density at radius 3 is 1.97 bits per heavy atom. The van der Waals surface area contributed by atoms with Gasteiger partial charge in [0.15, 0.2) is 11.5 Å². The van der Waals surface area contributed by atoms with Crippen LogP contribution in [-0.2, 0) is 4.74 Å². The van der Waals surface area contributed by atoms with Gasteiger partial charge in [-0.3, -0.25) is 4.79 Å². The number of esters is 1. The molecule has 29 heavy (non-hydrogen) atoms. The summed E-state index contributed by atoms with van der Waals surface area (Å²) in [4.78, 5) is 25.8. The summed E-state index contributed by atoms with van der Waals surface area (Å²) in [7, 11) is 4.43. The van der Waals surface area contributed by atoms with E-state index >= 15 is 0 Å². The highest BCUT2D eigenvalue weighted by molar-refractivity contribution is 7.40. The van der Waals surface area contributed by atoms with Crippen LogP contribution in [0.3, 0.4) is 0 Å². The van der Waals surface area contributed by atoms with E-state index in [4.69, 9.17) is 30.4 Å². The maximum atomic E-state index is 13.2. The second-order valence-electron chi connectivity index (χ2n) is 5.82. The minimum absolute atomic E-state index is 0.223. The van der Waals surface area contributed by atoms with Gasteiger partial charge in [0.25, 0.3) is 0 Å². The van der Waals surface area contributed by atoms with E-state index < -0.39 is 5.97 Å². The number of benzene rings is 1. The average molecular weight is 437 g/mol. The van der Waals surface area contributed by atoms with Gasteiger partial charge in [0, 0.05) is 5.56 Å². The van der Waals surface area contributed by atoms with Crippen molar-refractivity contribution in [1.82, 2.24) is 0 Å². The van der Waals surface area contributed by atoms with Crippen LogP contribution in [0.1, 0.15) is 31.8 Å². The van der Waals surface area contributed by atoms with E-state index in [2.05, 4.69) is 0 Å². The lowest BCUT2D eigenvalue weighted by Gasteiger charge is -2.13. The van der Waals surface area contributed by atoms with Crippen molar-refractivity contribution in [1.29, 1.82) is 0 Å². The summed E-state index contributed by atoms with van der Waals surface area (Å²) in [6.45, 7) is 1.96. The standard InChI is InChI=1S/C19H20N2O6S2/c1-5-27-18(23)17-13(21)11-12(20)16(28-19(11)29-17)14(22)8-6-9(24-2)15(26-4)10(7-8)25-3/h6-7H,5,20-21H2,1-4H3. The zero-order valence-electron chi connectivity index (χ0n) is 16.3. The highest BCUT2D eigenvalue weighted by Gasteiger charge is 2.27. The van der Waals surface area contributed by atoms with E-state index in [1.807, 2.05) is 0 Å². The number of carbonyl (C=O) groups is 2. The van der Waals surface area contributed by atoms with Gasteiger partial charge >= 0.3 is 5.97 Å². The summed E-state index contributed by atoms with van der Waals surface area (Å²) in [6.07, 6.45) is 0. The predicted octanol–water partition coefficient (Wildman–Crippen LogP) is 3.56. The summed E-state index contributed by atoms with van der Waals surface area (Å²) >= 11 is 2.34. The SMILES string of the molecule is CCOC(=O)c1sc2sc(C(=O)c3cc(OC)c(OC)c(OC)c3)c(N)c2c1N. The van der Waals surface area contributed by atoms with Gasteiger partial charge in [-0.15, -0.1) is 22.7 Å². The van der Waals surface area contributed by atoms with E-state index in [1.54, 1.807) is 19.1 Å². The molecule has 0 amide bonds. The molecule has 0 aliphatic rings. The lowest BCUT2D eigenvalue weighted by Crippen LogP contribution is -2.06. The zero-order chi connectivity index (χ0) is 21.3. The van der Waals surface area contributed by atoms with Gasteiger partial charge in [-0.05, 0) is 19.1 Å². The number of thiophene rings is 2. The second kappa shape index (κ2) is 8.18. The van der Waals surface area contributed by atoms with Crippen LogP contribution in [0.4, 0.5) is 11.4 Å². The number of ether oxygens (including phenoxy) is 4. The van der Waals surface area contributed by atoms with E-state index in [0.717, 1.165) is 11.3 Å². The van der Waals surface area contributed by atoms with Crippen molar-refractivity contribution in [2.45, 2.75) is 6.92 Å². The monoisotopic (exact) mass is 436 g/mol. The molecule has 0 fully saturated rings. The van der Waals surface area contributed by atoms with E-state index in [-0.39, 0.29) is 28.6 Å². The first-order chi connectivity index (χ1) is 13.9. The summed E-state index contributed by atoms with van der Waals surface area (Å²) in [5, 5.41) is 0.499. The van der Waals surface area contributed by atoms with Crippen LogP contribution in [0.2, 0.25) is 0 Å². The Balaban J connectivity index is 2.09. The Hall–Kier alpha value is -2.98. The van der Waals surface area contributed by atoms with Crippen LogP contribution >= 0.6 is 22.7 Å². The third-order valence-electron chi connectivity index (χ3n) is 4.22. The number of hydrogen-bond donors (Lipinski definition) is 2. The summed E-state index contributed by atoms with van der Waals surface area (Å²) in [5.41, 5.74) is 13.1. The van der Waals surface area contributed by atoms with Crippen LogP contribution in [-0.4, -0.2) is 39.7 Å². The number of nitrogen functional groups attached to an aromatic ring is 2. The molecule has 2 heterocycles. The topological polar surface area (TPSA) is 123 Å². The average Bonchev–Trinajstić information content (AvgIpc) is 3.22. The van der Waals surface area contributed by atoms with Crippen molar-refractivity contribution >= 4 is 55.2 Å². The van der Waals surface area contributed by atoms with Crippen LogP contribution in [0, 0.1) is 0 Å². The molecule has 0 bridgehead atoms. The normalized spacial score (nSPS) is 10.8. The Bertz CT molecular complexity index is 1080. The third-order valence-corrected chi connectivity index (χ3v) is 6.69. The fraction of sp³-hybridized carbons (Fsp3) is 0.263. The molecule has 4 N–H and O–H groups in total. The Morgan fingerprint density at radius 2 is 1.48 bits per heavy atom. The quantitative estimate of drug-likeness (QED) is 0.426. The minimum Gasteiger partial charge on any atom is -0.493 e. The molecule has 154 valence electrons. The molecule has 3 rings (SSSR count). The van der Waals surface area contributed by atoms with Crippen molar-refractivity contribution < 1.29 is 28.5 Å². The third kappa shape index (κ3) is 3.45. The van der Waals surface area contributed by atoms with Gasteiger partial charge in [-0.1, -0.05) is 0 Å². The highest BCUT2D eigenvalue weighted by Crippen LogP contribution is 2.46. The molecule has 0 aliphatic carbocycles. The molecular weight excluding hydrogens is 416 g/mol. The van der Waals surface area contributed by atoms with Gasteiger partial charge in [-0.2, -0.15) is 0 Å². The molecule has 8 nitrogen and oxygen atoms in total. The maximum absolute atomic E-state index is 13.2. The number of carbonyl (C=O) groups excluding carboxylic acids is 2. The van der Waals surface area contributed by atoms with Crippen molar-refractivity contribution in [3.63, 3.8) is 0 Å². The first-order valence-corrected chi connectivity index (χ1v) is 10.1. The van der Waals surface area contributed by atoms with Crippen molar-refractivity contribution in [3.8, 4) is 17.2 Å². The first-order valence-electron chi connectivity index (χ1n) is 8.49. The summed E-state index contributed by atoms with van der Waals surface area (Å²) in [5.74, 6) is 0.282. The number of methoxy groups -OCH3 is 3. The molecule has 0 saturated heterocycles. The van der Waals surface area contributed by atoms with E-state index in [1.165, 1.54) is 32.7 Å². The first kappa shape index (κ1) is 20.7. The summed E-state index contributed by atoms with van der Waals surface area (Å²) in [6, 6.07) is 3.12. The number of anilines is 2. The molecule has 0 spiro atoms. The second-order valence-corrected chi connectivity index (χ2v) is 8.12. The molecule has 0 unspecified atom stereocenters. The van der Waals surface area contributed by atoms with Gasteiger partial charge in [-0.25, -0.2) is 4.79 Å².